The molecule has 2 N–H and O–H groups in total. The lowest BCUT2D eigenvalue weighted by molar-refractivity contribution is 0.211. The molecule has 2 heterocycles. The third-order valence-corrected chi connectivity index (χ3v) is 3.31. The molecule has 0 aliphatic heterocycles. The Morgan fingerprint density at radius 2 is 2.21 bits per heavy atom. The van der Waals surface area contributed by atoms with Gasteiger partial charge in [-0.15, -0.1) is 0 Å². The number of aromatic nitrogens is 5. The SMILES string of the molecule is Nc1nc(OCCC2CCC2)nc(-n2cccn2)n1. The highest BCUT2D eigenvalue weighted by Crippen LogP contribution is 2.29. The van der Waals surface area contributed by atoms with Gasteiger partial charge in [0, 0.05) is 12.4 Å². The molecular formula is C12H16N6O. The second-order valence-corrected chi connectivity index (χ2v) is 4.66. The van der Waals surface area contributed by atoms with Crippen molar-refractivity contribution in [3.63, 3.8) is 0 Å². The number of anilines is 1. The quantitative estimate of drug-likeness (QED) is 0.868. The lowest BCUT2D eigenvalue weighted by Crippen LogP contribution is -2.16. The van der Waals surface area contributed by atoms with Gasteiger partial charge in [-0.3, -0.25) is 0 Å². The van der Waals surface area contributed by atoms with E-state index in [9.17, 15) is 0 Å². The van der Waals surface area contributed by atoms with Crippen LogP contribution in [0.5, 0.6) is 6.01 Å². The molecule has 0 spiro atoms. The van der Waals surface area contributed by atoms with Gasteiger partial charge < -0.3 is 10.5 Å². The first-order valence-electron chi connectivity index (χ1n) is 6.45. The van der Waals surface area contributed by atoms with Crippen LogP contribution in [-0.4, -0.2) is 31.3 Å². The van der Waals surface area contributed by atoms with E-state index in [-0.39, 0.29) is 12.0 Å². The molecule has 0 bridgehead atoms. The van der Waals surface area contributed by atoms with Gasteiger partial charge in [-0.1, -0.05) is 19.3 Å². The molecule has 1 aliphatic carbocycles. The van der Waals surface area contributed by atoms with Crippen LogP contribution in [-0.2, 0) is 0 Å². The Morgan fingerprint density at radius 3 is 2.89 bits per heavy atom. The maximum absolute atomic E-state index is 5.65. The standard InChI is InChI=1S/C12H16N6O/c13-10-15-11(18-7-2-6-14-18)17-12(16-10)19-8-5-9-3-1-4-9/h2,6-7,9H,1,3-5,8H2,(H2,13,15,16,17). The predicted molar refractivity (Wildman–Crippen MR) is 68.8 cm³/mol. The summed E-state index contributed by atoms with van der Waals surface area (Å²) in [7, 11) is 0. The van der Waals surface area contributed by atoms with Crippen molar-refractivity contribution in [2.45, 2.75) is 25.7 Å². The van der Waals surface area contributed by atoms with Crippen LogP contribution in [0.1, 0.15) is 25.7 Å². The van der Waals surface area contributed by atoms with Crippen molar-refractivity contribution in [2.24, 2.45) is 5.92 Å². The highest BCUT2D eigenvalue weighted by molar-refractivity contribution is 5.24. The molecule has 1 saturated carbocycles. The van der Waals surface area contributed by atoms with Gasteiger partial charge in [0.05, 0.1) is 6.61 Å². The van der Waals surface area contributed by atoms with Crippen LogP contribution < -0.4 is 10.5 Å². The molecule has 100 valence electrons. The van der Waals surface area contributed by atoms with Crippen molar-refractivity contribution in [1.29, 1.82) is 0 Å². The minimum Gasteiger partial charge on any atom is -0.463 e. The van der Waals surface area contributed by atoms with Crippen LogP contribution in [0, 0.1) is 5.92 Å². The van der Waals surface area contributed by atoms with Gasteiger partial charge in [-0.05, 0) is 18.4 Å². The summed E-state index contributed by atoms with van der Waals surface area (Å²) in [6.45, 7) is 0.618. The van der Waals surface area contributed by atoms with E-state index in [1.807, 2.05) is 0 Å². The van der Waals surface area contributed by atoms with Crippen molar-refractivity contribution in [2.75, 3.05) is 12.3 Å². The average molecular weight is 260 g/mol. The molecule has 7 heteroatoms. The summed E-state index contributed by atoms with van der Waals surface area (Å²) in [5.41, 5.74) is 5.65. The fraction of sp³-hybridized carbons (Fsp3) is 0.500. The minimum absolute atomic E-state index is 0.138. The Hall–Kier alpha value is -2.18. The van der Waals surface area contributed by atoms with Gasteiger partial charge >= 0.3 is 6.01 Å². The highest BCUT2D eigenvalue weighted by Gasteiger charge is 2.17. The molecule has 3 rings (SSSR count). The summed E-state index contributed by atoms with van der Waals surface area (Å²) in [4.78, 5) is 12.2. The Bertz CT molecular complexity index is 537. The summed E-state index contributed by atoms with van der Waals surface area (Å²) in [6, 6.07) is 2.05. The molecule has 0 amide bonds. The van der Waals surface area contributed by atoms with Gasteiger partial charge in [0.15, 0.2) is 0 Å². The highest BCUT2D eigenvalue weighted by atomic mass is 16.5. The number of hydrogen-bond acceptors (Lipinski definition) is 6. The molecule has 0 unspecified atom stereocenters. The lowest BCUT2D eigenvalue weighted by atomic mass is 9.83. The predicted octanol–water partition coefficient (Wildman–Crippen LogP) is 1.21. The summed E-state index contributed by atoms with van der Waals surface area (Å²) in [5, 5.41) is 4.05. The molecular weight excluding hydrogens is 244 g/mol. The van der Waals surface area contributed by atoms with E-state index in [1.165, 1.54) is 23.9 Å². The normalized spacial score (nSPS) is 15.2. The molecule has 2 aromatic rings. The van der Waals surface area contributed by atoms with Gasteiger partial charge in [-0.2, -0.15) is 20.1 Å². The monoisotopic (exact) mass is 260 g/mol. The maximum Gasteiger partial charge on any atom is 0.323 e. The first-order chi connectivity index (χ1) is 9.31. The van der Waals surface area contributed by atoms with Crippen LogP contribution >= 0.6 is 0 Å². The fourth-order valence-corrected chi connectivity index (χ4v) is 2.01. The molecule has 0 radical (unpaired) electrons. The Labute approximate surface area is 110 Å². The molecule has 1 aliphatic rings. The summed E-state index contributed by atoms with van der Waals surface area (Å²) >= 11 is 0. The average Bonchev–Trinajstić information content (AvgIpc) is 2.85. The van der Waals surface area contributed by atoms with E-state index in [0.717, 1.165) is 12.3 Å². The van der Waals surface area contributed by atoms with Crippen LogP contribution in [0.4, 0.5) is 5.95 Å². The minimum atomic E-state index is 0.138. The van der Waals surface area contributed by atoms with Gasteiger partial charge in [0.1, 0.15) is 0 Å². The second kappa shape index (κ2) is 5.21. The molecule has 7 nitrogen and oxygen atoms in total. The molecule has 1 fully saturated rings. The van der Waals surface area contributed by atoms with E-state index < -0.39 is 0 Å². The molecule has 0 saturated heterocycles. The largest absolute Gasteiger partial charge is 0.463 e. The van der Waals surface area contributed by atoms with Crippen molar-refractivity contribution in [3.05, 3.63) is 18.5 Å². The van der Waals surface area contributed by atoms with Crippen molar-refractivity contribution in [3.8, 4) is 12.0 Å². The molecule has 0 atom stereocenters. The summed E-state index contributed by atoms with van der Waals surface area (Å²) in [5.74, 6) is 1.31. The molecule has 19 heavy (non-hydrogen) atoms. The summed E-state index contributed by atoms with van der Waals surface area (Å²) in [6.07, 6.45) is 8.39. The van der Waals surface area contributed by atoms with Crippen LogP contribution in [0.15, 0.2) is 18.5 Å². The smallest absolute Gasteiger partial charge is 0.323 e. The third kappa shape index (κ3) is 2.81. The first-order valence-corrected chi connectivity index (χ1v) is 6.45. The topological polar surface area (TPSA) is 91.7 Å². The molecule has 2 aromatic heterocycles. The zero-order valence-corrected chi connectivity index (χ0v) is 10.6. The number of ether oxygens (including phenoxy) is 1. The third-order valence-electron chi connectivity index (χ3n) is 3.31. The first kappa shape index (κ1) is 11.9. The lowest BCUT2D eigenvalue weighted by Gasteiger charge is -2.24. The second-order valence-electron chi connectivity index (χ2n) is 4.66. The van der Waals surface area contributed by atoms with Crippen LogP contribution in [0.2, 0.25) is 0 Å². The van der Waals surface area contributed by atoms with Crippen molar-refractivity contribution in [1.82, 2.24) is 24.7 Å². The Kier molecular flexibility index (Phi) is 3.26. The number of nitrogens with two attached hydrogens (primary N) is 1. The number of nitrogen functional groups attached to an aromatic ring is 1. The number of hydrogen-bond donors (Lipinski definition) is 1. The van der Waals surface area contributed by atoms with Crippen molar-refractivity contribution >= 4 is 5.95 Å². The van der Waals surface area contributed by atoms with Gasteiger partial charge in [0.25, 0.3) is 5.95 Å². The van der Waals surface area contributed by atoms with Gasteiger partial charge in [0.2, 0.25) is 5.95 Å². The maximum atomic E-state index is 5.65. The van der Waals surface area contributed by atoms with E-state index in [1.54, 1.807) is 18.5 Å². The van der Waals surface area contributed by atoms with Crippen molar-refractivity contribution < 1.29 is 4.74 Å². The van der Waals surface area contributed by atoms with E-state index in [2.05, 4.69) is 20.1 Å². The zero-order valence-electron chi connectivity index (χ0n) is 10.6. The Morgan fingerprint density at radius 1 is 1.32 bits per heavy atom. The number of rotatable bonds is 5. The zero-order chi connectivity index (χ0) is 13.1. The van der Waals surface area contributed by atoms with Crippen LogP contribution in [0.25, 0.3) is 5.95 Å². The van der Waals surface area contributed by atoms with Gasteiger partial charge in [-0.25, -0.2) is 4.68 Å². The number of nitrogens with zero attached hydrogens (tertiary/aromatic N) is 5. The fourth-order valence-electron chi connectivity index (χ4n) is 2.01. The van der Waals surface area contributed by atoms with E-state index >= 15 is 0 Å². The summed E-state index contributed by atoms with van der Waals surface area (Å²) < 4.78 is 7.07. The van der Waals surface area contributed by atoms with Crippen LogP contribution in [0.3, 0.4) is 0 Å². The van der Waals surface area contributed by atoms with E-state index in [4.69, 9.17) is 10.5 Å². The molecule has 0 aromatic carbocycles. The Balaban J connectivity index is 1.67. The van der Waals surface area contributed by atoms with E-state index in [0.29, 0.717) is 12.6 Å².